The Morgan fingerprint density at radius 1 is 1.08 bits per heavy atom. The molecule has 0 spiro atoms. The van der Waals surface area contributed by atoms with Crippen molar-refractivity contribution in [1.29, 1.82) is 0 Å². The van der Waals surface area contributed by atoms with Crippen LogP contribution in [0.5, 0.6) is 0 Å². The Bertz CT molecular complexity index is 1380. The van der Waals surface area contributed by atoms with Crippen LogP contribution in [-0.4, -0.2) is 37.6 Å². The fourth-order valence-corrected chi connectivity index (χ4v) is 5.39. The van der Waals surface area contributed by atoms with Crippen molar-refractivity contribution in [1.82, 2.24) is 25.1 Å². The Labute approximate surface area is 210 Å². The Balaban J connectivity index is 1.36. The van der Waals surface area contributed by atoms with Gasteiger partial charge in [0.25, 0.3) is 5.91 Å². The van der Waals surface area contributed by atoms with Gasteiger partial charge in [-0.25, -0.2) is 4.98 Å². The molecule has 1 fully saturated rings. The fourth-order valence-electron chi connectivity index (χ4n) is 5.39. The SMILES string of the molecule is Cc1n[nH]c(C)c1-c1ccc(NC(=O)[C@@H](NC(=O)c2cn(C)c3ncccc23)C2CCCCC2)cc1. The first-order valence-electron chi connectivity index (χ1n) is 12.6. The lowest BCUT2D eigenvalue weighted by Crippen LogP contribution is -2.49. The van der Waals surface area contributed by atoms with E-state index in [4.69, 9.17) is 0 Å². The number of aromatic amines is 1. The zero-order chi connectivity index (χ0) is 25.2. The number of benzene rings is 1. The molecule has 36 heavy (non-hydrogen) atoms. The van der Waals surface area contributed by atoms with E-state index in [1.807, 2.05) is 61.9 Å². The van der Waals surface area contributed by atoms with Gasteiger partial charge in [0, 0.05) is 41.8 Å². The minimum Gasteiger partial charge on any atom is -0.340 e. The number of aryl methyl sites for hydroxylation is 3. The number of carbonyl (C=O) groups is 2. The van der Waals surface area contributed by atoms with Crippen LogP contribution in [0.25, 0.3) is 22.2 Å². The molecule has 8 heteroatoms. The van der Waals surface area contributed by atoms with Gasteiger partial charge >= 0.3 is 0 Å². The van der Waals surface area contributed by atoms with Gasteiger partial charge in [-0.3, -0.25) is 14.7 Å². The number of carbonyl (C=O) groups excluding carboxylic acids is 2. The first kappa shape index (κ1) is 23.8. The van der Waals surface area contributed by atoms with Gasteiger partial charge in [0.15, 0.2) is 0 Å². The molecule has 186 valence electrons. The highest BCUT2D eigenvalue weighted by atomic mass is 16.2. The lowest BCUT2D eigenvalue weighted by atomic mass is 9.83. The third kappa shape index (κ3) is 4.63. The molecule has 3 aromatic heterocycles. The highest BCUT2D eigenvalue weighted by Crippen LogP contribution is 2.29. The van der Waals surface area contributed by atoms with E-state index in [0.29, 0.717) is 11.3 Å². The van der Waals surface area contributed by atoms with Crippen LogP contribution in [0, 0.1) is 19.8 Å². The van der Waals surface area contributed by atoms with Crippen molar-refractivity contribution in [2.45, 2.75) is 52.0 Å². The summed E-state index contributed by atoms with van der Waals surface area (Å²) in [4.78, 5) is 31.3. The van der Waals surface area contributed by atoms with E-state index < -0.39 is 6.04 Å². The summed E-state index contributed by atoms with van der Waals surface area (Å²) in [5.41, 5.74) is 6.03. The second-order valence-electron chi connectivity index (χ2n) is 9.75. The molecule has 1 atom stereocenters. The standard InChI is InChI=1S/C28H32N6O2/c1-17-24(18(2)33-32-17)19-11-13-21(14-12-19)30-28(36)25(20-8-5-4-6-9-20)31-27(35)23-16-34(3)26-22(23)10-7-15-29-26/h7,10-16,20,25H,4-6,8-9H2,1-3H3,(H,30,36)(H,31,35)(H,32,33)/t25-/m0/s1. The van der Waals surface area contributed by atoms with Gasteiger partial charge in [0.1, 0.15) is 11.7 Å². The molecule has 5 rings (SSSR count). The number of rotatable bonds is 6. The average Bonchev–Trinajstić information content (AvgIpc) is 3.42. The van der Waals surface area contributed by atoms with E-state index in [1.165, 1.54) is 6.42 Å². The molecule has 0 aliphatic heterocycles. The Morgan fingerprint density at radius 2 is 1.83 bits per heavy atom. The summed E-state index contributed by atoms with van der Waals surface area (Å²) in [5, 5.41) is 14.2. The Kier molecular flexibility index (Phi) is 6.59. The number of aromatic nitrogens is 4. The van der Waals surface area contributed by atoms with E-state index in [9.17, 15) is 9.59 Å². The van der Waals surface area contributed by atoms with Crippen LogP contribution in [0.1, 0.15) is 53.8 Å². The van der Waals surface area contributed by atoms with E-state index in [0.717, 1.165) is 59.2 Å². The van der Waals surface area contributed by atoms with Crippen LogP contribution >= 0.6 is 0 Å². The number of nitrogens with one attached hydrogen (secondary N) is 3. The molecule has 8 nitrogen and oxygen atoms in total. The third-order valence-electron chi connectivity index (χ3n) is 7.24. The minimum absolute atomic E-state index is 0.103. The monoisotopic (exact) mass is 484 g/mol. The summed E-state index contributed by atoms with van der Waals surface area (Å²) in [6.45, 7) is 3.96. The summed E-state index contributed by atoms with van der Waals surface area (Å²) in [6.07, 6.45) is 8.65. The van der Waals surface area contributed by atoms with E-state index in [-0.39, 0.29) is 17.7 Å². The average molecular weight is 485 g/mol. The molecule has 1 aliphatic carbocycles. The zero-order valence-corrected chi connectivity index (χ0v) is 21.0. The van der Waals surface area contributed by atoms with Crippen molar-refractivity contribution in [2.75, 3.05) is 5.32 Å². The molecule has 0 saturated heterocycles. The molecular formula is C28H32N6O2. The van der Waals surface area contributed by atoms with Gasteiger partial charge in [-0.15, -0.1) is 0 Å². The smallest absolute Gasteiger partial charge is 0.254 e. The van der Waals surface area contributed by atoms with Gasteiger partial charge in [0.2, 0.25) is 5.91 Å². The molecular weight excluding hydrogens is 452 g/mol. The normalized spacial score (nSPS) is 15.1. The number of pyridine rings is 1. The van der Waals surface area contributed by atoms with Crippen molar-refractivity contribution < 1.29 is 9.59 Å². The van der Waals surface area contributed by atoms with Crippen LogP contribution in [0.15, 0.2) is 48.8 Å². The van der Waals surface area contributed by atoms with Crippen molar-refractivity contribution in [3.05, 3.63) is 65.7 Å². The van der Waals surface area contributed by atoms with Crippen LogP contribution in [-0.2, 0) is 11.8 Å². The molecule has 0 bridgehead atoms. The first-order chi connectivity index (χ1) is 17.4. The maximum Gasteiger partial charge on any atom is 0.254 e. The fraction of sp³-hybridized carbons (Fsp3) is 0.357. The van der Waals surface area contributed by atoms with Crippen LogP contribution in [0.4, 0.5) is 5.69 Å². The summed E-state index contributed by atoms with van der Waals surface area (Å²) in [5.74, 6) is -0.330. The third-order valence-corrected chi connectivity index (χ3v) is 7.24. The number of hydrogen-bond donors (Lipinski definition) is 3. The molecule has 3 N–H and O–H groups in total. The molecule has 1 aliphatic rings. The van der Waals surface area contributed by atoms with Crippen LogP contribution in [0.2, 0.25) is 0 Å². The summed E-state index contributed by atoms with van der Waals surface area (Å²) < 4.78 is 1.84. The Morgan fingerprint density at radius 3 is 2.53 bits per heavy atom. The first-order valence-corrected chi connectivity index (χ1v) is 12.6. The molecule has 0 unspecified atom stereocenters. The van der Waals surface area contributed by atoms with Gasteiger partial charge < -0.3 is 15.2 Å². The van der Waals surface area contributed by atoms with E-state index in [2.05, 4.69) is 25.8 Å². The number of fused-ring (bicyclic) bond motifs is 1. The molecule has 4 aromatic rings. The molecule has 1 saturated carbocycles. The summed E-state index contributed by atoms with van der Waals surface area (Å²) in [6, 6.07) is 10.9. The van der Waals surface area contributed by atoms with Crippen LogP contribution in [0.3, 0.4) is 0 Å². The van der Waals surface area contributed by atoms with Crippen molar-refractivity contribution in [3.63, 3.8) is 0 Å². The molecule has 2 amide bonds. The number of hydrogen-bond acceptors (Lipinski definition) is 4. The highest BCUT2D eigenvalue weighted by Gasteiger charge is 2.32. The van der Waals surface area contributed by atoms with Gasteiger partial charge in [0.05, 0.1) is 11.3 Å². The number of H-pyrrole nitrogens is 1. The van der Waals surface area contributed by atoms with Crippen molar-refractivity contribution in [3.8, 4) is 11.1 Å². The predicted molar refractivity (Wildman–Crippen MR) is 141 cm³/mol. The molecule has 0 radical (unpaired) electrons. The van der Waals surface area contributed by atoms with E-state index in [1.54, 1.807) is 12.4 Å². The topological polar surface area (TPSA) is 105 Å². The summed E-state index contributed by atoms with van der Waals surface area (Å²) >= 11 is 0. The zero-order valence-electron chi connectivity index (χ0n) is 21.0. The van der Waals surface area contributed by atoms with Crippen molar-refractivity contribution in [2.24, 2.45) is 13.0 Å². The second kappa shape index (κ2) is 9.97. The number of nitrogens with zero attached hydrogens (tertiary/aromatic N) is 3. The predicted octanol–water partition coefficient (Wildman–Crippen LogP) is 4.90. The second-order valence-corrected chi connectivity index (χ2v) is 9.75. The van der Waals surface area contributed by atoms with Gasteiger partial charge in [-0.2, -0.15) is 5.10 Å². The quantitative estimate of drug-likeness (QED) is 0.362. The maximum atomic E-state index is 13.5. The lowest BCUT2D eigenvalue weighted by Gasteiger charge is -2.30. The van der Waals surface area contributed by atoms with E-state index >= 15 is 0 Å². The van der Waals surface area contributed by atoms with Gasteiger partial charge in [-0.05, 0) is 62.4 Å². The highest BCUT2D eigenvalue weighted by molar-refractivity contribution is 6.08. The minimum atomic E-state index is -0.609. The molecule has 3 heterocycles. The largest absolute Gasteiger partial charge is 0.340 e. The maximum absolute atomic E-state index is 13.5. The molecule has 1 aromatic carbocycles. The van der Waals surface area contributed by atoms with Crippen molar-refractivity contribution >= 4 is 28.5 Å². The Hall–Kier alpha value is -3.94. The summed E-state index contributed by atoms with van der Waals surface area (Å²) in [7, 11) is 1.87. The number of anilines is 1. The number of amides is 2. The van der Waals surface area contributed by atoms with Crippen LogP contribution < -0.4 is 10.6 Å². The van der Waals surface area contributed by atoms with Gasteiger partial charge in [-0.1, -0.05) is 31.4 Å². The lowest BCUT2D eigenvalue weighted by molar-refractivity contribution is -0.119.